The van der Waals surface area contributed by atoms with Crippen LogP contribution in [-0.2, 0) is 13.2 Å². The third-order valence-electron chi connectivity index (χ3n) is 3.00. The molecule has 0 saturated heterocycles. The van der Waals surface area contributed by atoms with Gasteiger partial charge in [-0.3, -0.25) is 0 Å². The van der Waals surface area contributed by atoms with Crippen molar-refractivity contribution in [1.29, 1.82) is 0 Å². The maximum Gasteiger partial charge on any atom is 0.135 e. The first kappa shape index (κ1) is 16.3. The lowest BCUT2D eigenvalue weighted by molar-refractivity contribution is 0.303. The molecule has 3 nitrogen and oxygen atoms in total. The number of halogens is 2. The number of nitrogens with one attached hydrogen (secondary N) is 1. The van der Waals surface area contributed by atoms with E-state index in [1.54, 1.807) is 7.11 Å². The van der Waals surface area contributed by atoms with Crippen LogP contribution in [0.15, 0.2) is 45.3 Å². The number of hydrogen-bond acceptors (Lipinski definition) is 3. The Morgan fingerprint density at radius 3 is 2.14 bits per heavy atom. The monoisotopic (exact) mass is 413 g/mol. The van der Waals surface area contributed by atoms with Crippen LogP contribution in [0.2, 0.25) is 0 Å². The predicted molar refractivity (Wildman–Crippen MR) is 91.9 cm³/mol. The van der Waals surface area contributed by atoms with Gasteiger partial charge in [0, 0.05) is 6.54 Å². The number of methoxy groups -OCH3 is 1. The average Bonchev–Trinajstić information content (AvgIpc) is 2.49. The lowest BCUT2D eigenvalue weighted by Gasteiger charge is -2.11. The van der Waals surface area contributed by atoms with Crippen LogP contribution >= 0.6 is 31.9 Å². The number of hydrogen-bond donors (Lipinski definition) is 1. The first-order chi connectivity index (χ1) is 10.1. The lowest BCUT2D eigenvalue weighted by atomic mass is 10.1. The molecule has 2 rings (SSSR count). The fourth-order valence-electron chi connectivity index (χ4n) is 1.90. The van der Waals surface area contributed by atoms with Crippen LogP contribution < -0.4 is 14.8 Å². The Bertz CT molecular complexity index is 600. The largest absolute Gasteiger partial charge is 0.496 e. The van der Waals surface area contributed by atoms with E-state index in [2.05, 4.69) is 61.4 Å². The molecule has 2 aromatic carbocycles. The van der Waals surface area contributed by atoms with Crippen molar-refractivity contribution >= 4 is 31.9 Å². The van der Waals surface area contributed by atoms with Crippen molar-refractivity contribution in [3.63, 3.8) is 0 Å². The fraction of sp³-hybridized carbons (Fsp3) is 0.250. The first-order valence-corrected chi connectivity index (χ1v) is 8.11. The van der Waals surface area contributed by atoms with E-state index in [1.165, 1.54) is 5.56 Å². The van der Waals surface area contributed by atoms with Gasteiger partial charge in [-0.2, -0.15) is 0 Å². The normalized spacial score (nSPS) is 10.5. The van der Waals surface area contributed by atoms with Gasteiger partial charge in [0.2, 0.25) is 0 Å². The van der Waals surface area contributed by atoms with Gasteiger partial charge in [-0.1, -0.05) is 24.3 Å². The summed E-state index contributed by atoms with van der Waals surface area (Å²) in [5.74, 6) is 1.55. The molecule has 0 amide bonds. The van der Waals surface area contributed by atoms with Gasteiger partial charge in [0.1, 0.15) is 18.1 Å². The van der Waals surface area contributed by atoms with E-state index < -0.39 is 0 Å². The van der Waals surface area contributed by atoms with Gasteiger partial charge in [-0.25, -0.2) is 0 Å². The maximum absolute atomic E-state index is 5.85. The predicted octanol–water partition coefficient (Wildman–Crippen LogP) is 4.52. The molecule has 2 aromatic rings. The first-order valence-electron chi connectivity index (χ1n) is 6.52. The minimum absolute atomic E-state index is 0.525. The Balaban J connectivity index is 2.04. The molecule has 5 heteroatoms. The quantitative estimate of drug-likeness (QED) is 0.753. The second kappa shape index (κ2) is 7.82. The van der Waals surface area contributed by atoms with E-state index in [1.807, 2.05) is 19.2 Å². The van der Waals surface area contributed by atoms with Gasteiger partial charge in [0.05, 0.1) is 16.1 Å². The standard InChI is InChI=1S/C16H17Br2NO2/c1-19-9-11-3-5-12(6-4-11)10-21-16-8-13(17)15(20-2)7-14(16)18/h3-8,19H,9-10H2,1-2H3. The molecule has 0 aliphatic carbocycles. The Hall–Kier alpha value is -1.04. The van der Waals surface area contributed by atoms with Crippen LogP contribution in [0.3, 0.4) is 0 Å². The smallest absolute Gasteiger partial charge is 0.135 e. The molecule has 0 aliphatic heterocycles. The molecule has 0 heterocycles. The lowest BCUT2D eigenvalue weighted by Crippen LogP contribution is -2.05. The molecular formula is C16H17Br2NO2. The summed E-state index contributed by atoms with van der Waals surface area (Å²) in [4.78, 5) is 0. The Kier molecular flexibility index (Phi) is 6.08. The van der Waals surface area contributed by atoms with Gasteiger partial charge in [-0.15, -0.1) is 0 Å². The number of benzene rings is 2. The van der Waals surface area contributed by atoms with Crippen molar-refractivity contribution in [1.82, 2.24) is 5.32 Å². The zero-order chi connectivity index (χ0) is 15.2. The molecule has 0 spiro atoms. The van der Waals surface area contributed by atoms with Crippen molar-refractivity contribution in [3.05, 3.63) is 56.5 Å². The highest BCUT2D eigenvalue weighted by atomic mass is 79.9. The van der Waals surface area contributed by atoms with E-state index in [0.29, 0.717) is 6.61 Å². The summed E-state index contributed by atoms with van der Waals surface area (Å²) in [5.41, 5.74) is 2.39. The summed E-state index contributed by atoms with van der Waals surface area (Å²) >= 11 is 6.96. The minimum Gasteiger partial charge on any atom is -0.496 e. The Labute approximate surface area is 141 Å². The summed E-state index contributed by atoms with van der Waals surface area (Å²) < 4.78 is 12.8. The molecule has 1 N–H and O–H groups in total. The third kappa shape index (κ3) is 4.46. The van der Waals surface area contributed by atoms with E-state index >= 15 is 0 Å². The second-order valence-corrected chi connectivity index (χ2v) is 6.26. The molecule has 0 aliphatic rings. The summed E-state index contributed by atoms with van der Waals surface area (Å²) in [5, 5.41) is 3.13. The van der Waals surface area contributed by atoms with Gasteiger partial charge in [-0.05, 0) is 62.2 Å². The van der Waals surface area contributed by atoms with Gasteiger partial charge in [0.15, 0.2) is 0 Å². The highest BCUT2D eigenvalue weighted by Crippen LogP contribution is 2.36. The van der Waals surface area contributed by atoms with E-state index in [-0.39, 0.29) is 0 Å². The average molecular weight is 415 g/mol. The van der Waals surface area contributed by atoms with Crippen molar-refractivity contribution in [2.75, 3.05) is 14.2 Å². The molecule has 112 valence electrons. The molecule has 0 fully saturated rings. The third-order valence-corrected chi connectivity index (χ3v) is 4.24. The summed E-state index contributed by atoms with van der Waals surface area (Å²) in [6.07, 6.45) is 0. The molecule has 0 atom stereocenters. The van der Waals surface area contributed by atoms with E-state index in [0.717, 1.165) is 32.6 Å². The van der Waals surface area contributed by atoms with Crippen LogP contribution in [-0.4, -0.2) is 14.2 Å². The highest BCUT2D eigenvalue weighted by Gasteiger charge is 2.08. The van der Waals surface area contributed by atoms with Gasteiger partial charge >= 0.3 is 0 Å². The number of rotatable bonds is 6. The molecule has 0 bridgehead atoms. The summed E-state index contributed by atoms with van der Waals surface area (Å²) in [6.45, 7) is 1.40. The molecule has 0 unspecified atom stereocenters. The molecule has 21 heavy (non-hydrogen) atoms. The molecule has 0 aromatic heterocycles. The van der Waals surface area contributed by atoms with Crippen LogP contribution in [0.5, 0.6) is 11.5 Å². The summed E-state index contributed by atoms with van der Waals surface area (Å²) in [7, 11) is 3.58. The minimum atomic E-state index is 0.525. The van der Waals surface area contributed by atoms with Crippen LogP contribution in [0.25, 0.3) is 0 Å². The Morgan fingerprint density at radius 2 is 1.52 bits per heavy atom. The van der Waals surface area contributed by atoms with Crippen LogP contribution in [0, 0.1) is 0 Å². The topological polar surface area (TPSA) is 30.5 Å². The highest BCUT2D eigenvalue weighted by molar-refractivity contribution is 9.11. The van der Waals surface area contributed by atoms with E-state index in [9.17, 15) is 0 Å². The van der Waals surface area contributed by atoms with Gasteiger partial charge < -0.3 is 14.8 Å². The van der Waals surface area contributed by atoms with Gasteiger partial charge in [0.25, 0.3) is 0 Å². The number of ether oxygens (including phenoxy) is 2. The van der Waals surface area contributed by atoms with Crippen molar-refractivity contribution in [2.24, 2.45) is 0 Å². The molecular weight excluding hydrogens is 398 g/mol. The van der Waals surface area contributed by atoms with Crippen LogP contribution in [0.1, 0.15) is 11.1 Å². The second-order valence-electron chi connectivity index (χ2n) is 4.55. The Morgan fingerprint density at radius 1 is 0.952 bits per heavy atom. The SMILES string of the molecule is CNCc1ccc(COc2cc(Br)c(OC)cc2Br)cc1. The van der Waals surface area contributed by atoms with E-state index in [4.69, 9.17) is 9.47 Å². The van der Waals surface area contributed by atoms with Crippen molar-refractivity contribution < 1.29 is 9.47 Å². The summed E-state index contributed by atoms with van der Waals surface area (Å²) in [6, 6.07) is 12.2. The van der Waals surface area contributed by atoms with Crippen molar-refractivity contribution in [3.8, 4) is 11.5 Å². The zero-order valence-corrected chi connectivity index (χ0v) is 15.1. The molecule has 0 saturated carbocycles. The van der Waals surface area contributed by atoms with Crippen molar-refractivity contribution in [2.45, 2.75) is 13.2 Å². The fourth-order valence-corrected chi connectivity index (χ4v) is 2.82. The maximum atomic E-state index is 5.85. The zero-order valence-electron chi connectivity index (χ0n) is 12.0. The van der Waals surface area contributed by atoms with Crippen LogP contribution in [0.4, 0.5) is 0 Å². The molecule has 0 radical (unpaired) electrons.